The highest BCUT2D eigenvalue weighted by atomic mass is 32.2. The Morgan fingerprint density at radius 3 is 2.46 bits per heavy atom. The summed E-state index contributed by atoms with van der Waals surface area (Å²) >= 11 is 0. The maximum atomic E-state index is 13.5. The van der Waals surface area contributed by atoms with E-state index in [4.69, 9.17) is 0 Å². The van der Waals surface area contributed by atoms with Crippen molar-refractivity contribution < 1.29 is 17.6 Å². The van der Waals surface area contributed by atoms with Crippen LogP contribution in [0.5, 0.6) is 0 Å². The van der Waals surface area contributed by atoms with Gasteiger partial charge in [0.2, 0.25) is 0 Å². The zero-order valence-corrected chi connectivity index (χ0v) is 13.8. The van der Waals surface area contributed by atoms with Gasteiger partial charge in [0, 0.05) is 16.7 Å². The van der Waals surface area contributed by atoms with Crippen molar-refractivity contribution in [1.29, 1.82) is 0 Å². The molecule has 0 aromatic heterocycles. The summed E-state index contributed by atoms with van der Waals surface area (Å²) in [5, 5.41) is 1.12. The summed E-state index contributed by atoms with van der Waals surface area (Å²) in [6.07, 6.45) is 1.49. The molecule has 1 aliphatic rings. The molecule has 0 saturated heterocycles. The monoisotopic (exact) mass is 345 g/mol. The highest BCUT2D eigenvalue weighted by Gasteiger charge is 2.32. The largest absolute Gasteiger partial charge is 0.300 e. The minimum absolute atomic E-state index is 0.174. The molecule has 0 fully saturated rings. The molecule has 0 spiro atoms. The highest BCUT2D eigenvalue weighted by molar-refractivity contribution is 7.94. The number of rotatable bonds is 3. The van der Waals surface area contributed by atoms with E-state index in [0.717, 1.165) is 17.0 Å². The summed E-state index contributed by atoms with van der Waals surface area (Å²) < 4.78 is 37.0. The van der Waals surface area contributed by atoms with Crippen molar-refractivity contribution in [3.05, 3.63) is 77.0 Å². The summed E-state index contributed by atoms with van der Waals surface area (Å²) in [5.74, 6) is -1.13. The van der Waals surface area contributed by atoms with Crippen molar-refractivity contribution >= 4 is 21.4 Å². The third-order valence-electron chi connectivity index (χ3n) is 3.85. The maximum Gasteiger partial charge on any atom is 0.258 e. The third kappa shape index (κ3) is 3.38. The SMILES string of the molecule is Cc1ccc(N(C(=O)c2cccc(F)c2)C2C=CS(=O)(=O)C2)cc1. The van der Waals surface area contributed by atoms with Gasteiger partial charge in [-0.05, 0) is 43.3 Å². The van der Waals surface area contributed by atoms with Gasteiger partial charge in [0.1, 0.15) is 5.82 Å². The molecule has 0 N–H and O–H groups in total. The number of carbonyl (C=O) groups excluding carboxylic acids is 1. The number of hydrogen-bond donors (Lipinski definition) is 0. The number of carbonyl (C=O) groups is 1. The Labute approximate surface area is 140 Å². The standard InChI is InChI=1S/C18H16FNO3S/c1-13-5-7-16(8-6-13)20(17-9-10-24(22,23)12-17)18(21)14-3-2-4-15(19)11-14/h2-11,17H,12H2,1H3. The number of anilines is 1. The number of halogens is 1. The van der Waals surface area contributed by atoms with Crippen LogP contribution in [0.1, 0.15) is 15.9 Å². The molecule has 1 atom stereocenters. The molecule has 6 heteroatoms. The molecule has 2 aromatic carbocycles. The van der Waals surface area contributed by atoms with Crippen LogP contribution in [-0.4, -0.2) is 26.1 Å². The number of amides is 1. The fraction of sp³-hybridized carbons (Fsp3) is 0.167. The van der Waals surface area contributed by atoms with Crippen LogP contribution in [0, 0.1) is 12.7 Å². The molecule has 1 aliphatic heterocycles. The summed E-state index contributed by atoms with van der Waals surface area (Å²) in [6, 6.07) is 12.0. The molecule has 24 heavy (non-hydrogen) atoms. The lowest BCUT2D eigenvalue weighted by molar-refractivity contribution is 0.0982. The van der Waals surface area contributed by atoms with Crippen LogP contribution in [0.2, 0.25) is 0 Å². The van der Waals surface area contributed by atoms with Gasteiger partial charge in [0.05, 0.1) is 11.8 Å². The Morgan fingerprint density at radius 1 is 1.17 bits per heavy atom. The number of hydrogen-bond acceptors (Lipinski definition) is 3. The first-order valence-corrected chi connectivity index (χ1v) is 9.14. The predicted molar refractivity (Wildman–Crippen MR) is 91.1 cm³/mol. The van der Waals surface area contributed by atoms with Gasteiger partial charge in [-0.3, -0.25) is 4.79 Å². The summed E-state index contributed by atoms with van der Waals surface area (Å²) in [6.45, 7) is 1.92. The molecular weight excluding hydrogens is 329 g/mol. The molecule has 3 rings (SSSR count). The maximum absolute atomic E-state index is 13.5. The Morgan fingerprint density at radius 2 is 1.88 bits per heavy atom. The van der Waals surface area contributed by atoms with E-state index in [1.807, 2.05) is 19.1 Å². The zero-order valence-electron chi connectivity index (χ0n) is 13.0. The smallest absolute Gasteiger partial charge is 0.258 e. The minimum Gasteiger partial charge on any atom is -0.300 e. The van der Waals surface area contributed by atoms with Gasteiger partial charge < -0.3 is 4.90 Å². The van der Waals surface area contributed by atoms with E-state index in [1.54, 1.807) is 12.1 Å². The first kappa shape index (κ1) is 16.4. The number of aryl methyl sites for hydroxylation is 1. The Kier molecular flexibility index (Phi) is 4.24. The molecular formula is C18H16FNO3S. The van der Waals surface area contributed by atoms with Crippen molar-refractivity contribution in [3.63, 3.8) is 0 Å². The summed E-state index contributed by atoms with van der Waals surface area (Å²) in [7, 11) is -3.33. The van der Waals surface area contributed by atoms with Crippen molar-refractivity contribution in [2.24, 2.45) is 0 Å². The van der Waals surface area contributed by atoms with Crippen LogP contribution in [-0.2, 0) is 9.84 Å². The molecule has 4 nitrogen and oxygen atoms in total. The van der Waals surface area contributed by atoms with E-state index in [2.05, 4.69) is 0 Å². The zero-order chi connectivity index (χ0) is 17.3. The Bertz CT molecular complexity index is 904. The van der Waals surface area contributed by atoms with Crippen LogP contribution in [0.15, 0.2) is 60.0 Å². The summed E-state index contributed by atoms with van der Waals surface area (Å²) in [4.78, 5) is 14.3. The average molecular weight is 345 g/mol. The molecule has 0 radical (unpaired) electrons. The molecule has 0 saturated carbocycles. The van der Waals surface area contributed by atoms with Crippen LogP contribution < -0.4 is 4.90 Å². The van der Waals surface area contributed by atoms with Crippen molar-refractivity contribution in [1.82, 2.24) is 0 Å². The Balaban J connectivity index is 2.03. The molecule has 1 heterocycles. The second-order valence-electron chi connectivity index (χ2n) is 5.75. The predicted octanol–water partition coefficient (Wildman–Crippen LogP) is 3.09. The van der Waals surface area contributed by atoms with Crippen LogP contribution in [0.4, 0.5) is 10.1 Å². The van der Waals surface area contributed by atoms with E-state index in [0.29, 0.717) is 5.69 Å². The lowest BCUT2D eigenvalue weighted by Gasteiger charge is -2.28. The molecule has 0 bridgehead atoms. The lowest BCUT2D eigenvalue weighted by Crippen LogP contribution is -2.41. The lowest BCUT2D eigenvalue weighted by atomic mass is 10.1. The van der Waals surface area contributed by atoms with E-state index in [-0.39, 0.29) is 11.3 Å². The fourth-order valence-corrected chi connectivity index (χ4v) is 3.91. The van der Waals surface area contributed by atoms with Crippen molar-refractivity contribution in [2.75, 3.05) is 10.7 Å². The molecule has 0 aliphatic carbocycles. The van der Waals surface area contributed by atoms with Crippen molar-refractivity contribution in [3.8, 4) is 0 Å². The fourth-order valence-electron chi connectivity index (χ4n) is 2.65. The summed E-state index contributed by atoms with van der Waals surface area (Å²) in [5.41, 5.74) is 1.77. The van der Waals surface area contributed by atoms with Crippen LogP contribution in [0.25, 0.3) is 0 Å². The quantitative estimate of drug-likeness (QED) is 0.859. The van der Waals surface area contributed by atoms with E-state index >= 15 is 0 Å². The first-order chi connectivity index (χ1) is 11.4. The van der Waals surface area contributed by atoms with E-state index in [9.17, 15) is 17.6 Å². The van der Waals surface area contributed by atoms with E-state index in [1.165, 1.54) is 29.2 Å². The second-order valence-corrected chi connectivity index (χ2v) is 7.68. The third-order valence-corrected chi connectivity index (χ3v) is 5.22. The normalized spacial score (nSPS) is 18.5. The number of sulfone groups is 1. The molecule has 1 amide bonds. The molecule has 1 unspecified atom stereocenters. The van der Waals surface area contributed by atoms with Gasteiger partial charge in [-0.2, -0.15) is 0 Å². The van der Waals surface area contributed by atoms with Gasteiger partial charge in [-0.1, -0.05) is 23.8 Å². The van der Waals surface area contributed by atoms with Crippen molar-refractivity contribution in [2.45, 2.75) is 13.0 Å². The second kappa shape index (κ2) is 6.20. The molecule has 124 valence electrons. The number of nitrogens with zero attached hydrogens (tertiary/aromatic N) is 1. The van der Waals surface area contributed by atoms with Gasteiger partial charge >= 0.3 is 0 Å². The van der Waals surface area contributed by atoms with Gasteiger partial charge in [-0.25, -0.2) is 12.8 Å². The Hall–Kier alpha value is -2.47. The number of benzene rings is 2. The van der Waals surface area contributed by atoms with Crippen LogP contribution >= 0.6 is 0 Å². The van der Waals surface area contributed by atoms with Gasteiger partial charge in [0.25, 0.3) is 5.91 Å². The minimum atomic E-state index is -3.33. The topological polar surface area (TPSA) is 54.5 Å². The van der Waals surface area contributed by atoms with E-state index < -0.39 is 27.6 Å². The average Bonchev–Trinajstić information content (AvgIpc) is 2.89. The highest BCUT2D eigenvalue weighted by Crippen LogP contribution is 2.25. The van der Waals surface area contributed by atoms with Gasteiger partial charge in [-0.15, -0.1) is 0 Å². The molecule has 2 aromatic rings. The first-order valence-electron chi connectivity index (χ1n) is 7.42. The van der Waals surface area contributed by atoms with Crippen LogP contribution in [0.3, 0.4) is 0 Å². The van der Waals surface area contributed by atoms with Gasteiger partial charge in [0.15, 0.2) is 9.84 Å².